The highest BCUT2D eigenvalue weighted by molar-refractivity contribution is 7.98. The van der Waals surface area contributed by atoms with Gasteiger partial charge in [0.05, 0.1) is 18.8 Å². The number of amides is 1. The smallest absolute Gasteiger partial charge is 0.410 e. The van der Waals surface area contributed by atoms with Crippen LogP contribution in [0.5, 0.6) is 0 Å². The highest BCUT2D eigenvalue weighted by atomic mass is 32.2. The summed E-state index contributed by atoms with van der Waals surface area (Å²) in [5, 5.41) is 11.1. The van der Waals surface area contributed by atoms with Gasteiger partial charge in [-0.3, -0.25) is 0 Å². The van der Waals surface area contributed by atoms with E-state index in [0.29, 0.717) is 10.9 Å². The summed E-state index contributed by atoms with van der Waals surface area (Å²) in [6, 6.07) is 1.67. The molecule has 20 heavy (non-hydrogen) atoms. The van der Waals surface area contributed by atoms with Gasteiger partial charge in [0.2, 0.25) is 0 Å². The fourth-order valence-corrected chi connectivity index (χ4v) is 2.26. The topological polar surface area (TPSA) is 75.6 Å². The van der Waals surface area contributed by atoms with Gasteiger partial charge in [0.15, 0.2) is 5.16 Å². The molecule has 110 valence electrons. The van der Waals surface area contributed by atoms with E-state index in [2.05, 4.69) is 9.97 Å². The molecule has 0 aliphatic carbocycles. The fraction of sp³-hybridized carbons (Fsp3) is 0.615. The number of carbonyl (C=O) groups is 1. The van der Waals surface area contributed by atoms with Crippen LogP contribution in [-0.4, -0.2) is 51.0 Å². The van der Waals surface area contributed by atoms with Crippen molar-refractivity contribution in [3.05, 3.63) is 18.0 Å². The summed E-state index contributed by atoms with van der Waals surface area (Å²) in [6.07, 6.45) is 3.07. The molecule has 1 aromatic heterocycles. The van der Waals surface area contributed by atoms with Crippen molar-refractivity contribution in [3.8, 4) is 0 Å². The summed E-state index contributed by atoms with van der Waals surface area (Å²) in [6.45, 7) is 5.81. The number of β-amino-alcohol motifs (C(OH)–C–C–N with tert-alkyl or cyclic N) is 1. The monoisotopic (exact) mass is 297 g/mol. The molecule has 1 fully saturated rings. The van der Waals surface area contributed by atoms with Crippen LogP contribution in [0.15, 0.2) is 17.4 Å². The Morgan fingerprint density at radius 1 is 1.50 bits per heavy atom. The summed E-state index contributed by atoms with van der Waals surface area (Å²) >= 11 is 1.41. The Balaban J connectivity index is 2.01. The maximum atomic E-state index is 11.8. The molecule has 1 aromatic rings. The van der Waals surface area contributed by atoms with E-state index in [9.17, 15) is 9.90 Å². The van der Waals surface area contributed by atoms with Crippen LogP contribution < -0.4 is 0 Å². The van der Waals surface area contributed by atoms with Crippen molar-refractivity contribution in [2.45, 2.75) is 37.1 Å². The molecule has 2 heterocycles. The Labute approximate surface area is 122 Å². The van der Waals surface area contributed by atoms with Crippen molar-refractivity contribution in [2.24, 2.45) is 0 Å². The summed E-state index contributed by atoms with van der Waals surface area (Å²) < 4.78 is 5.25. The number of likely N-dealkylation sites (tertiary alicyclic amines) is 1. The summed E-state index contributed by atoms with van der Waals surface area (Å²) in [7, 11) is 0. The molecule has 0 aromatic carbocycles. The van der Waals surface area contributed by atoms with Crippen LogP contribution in [0.3, 0.4) is 0 Å². The van der Waals surface area contributed by atoms with Crippen molar-refractivity contribution < 1.29 is 14.6 Å². The molecule has 1 N–H and O–H groups in total. The van der Waals surface area contributed by atoms with Crippen LogP contribution >= 0.6 is 11.8 Å². The molecule has 0 radical (unpaired) electrons. The van der Waals surface area contributed by atoms with Gasteiger partial charge in [-0.1, -0.05) is 11.8 Å². The van der Waals surface area contributed by atoms with Gasteiger partial charge in [0.25, 0.3) is 0 Å². The maximum absolute atomic E-state index is 11.8. The molecule has 0 unspecified atom stereocenters. The van der Waals surface area contributed by atoms with Gasteiger partial charge >= 0.3 is 6.09 Å². The van der Waals surface area contributed by atoms with E-state index in [1.54, 1.807) is 12.3 Å². The highest BCUT2D eigenvalue weighted by Crippen LogP contribution is 2.32. The number of ether oxygens (including phenoxy) is 1. The van der Waals surface area contributed by atoms with Crippen LogP contribution in [0.4, 0.5) is 4.79 Å². The second kappa shape index (κ2) is 5.21. The Morgan fingerprint density at radius 2 is 2.15 bits per heavy atom. The minimum absolute atomic E-state index is 0.187. The minimum Gasteiger partial charge on any atom is -0.444 e. The normalized spacial score (nSPS) is 17.6. The lowest BCUT2D eigenvalue weighted by molar-refractivity contribution is -0.106. The van der Waals surface area contributed by atoms with Crippen LogP contribution in [0.25, 0.3) is 0 Å². The zero-order valence-electron chi connectivity index (χ0n) is 12.1. The zero-order chi connectivity index (χ0) is 15.0. The maximum Gasteiger partial charge on any atom is 0.410 e. The van der Waals surface area contributed by atoms with Crippen molar-refractivity contribution in [1.82, 2.24) is 14.9 Å². The van der Waals surface area contributed by atoms with Gasteiger partial charge in [0.1, 0.15) is 11.2 Å². The number of carbonyl (C=O) groups excluding carboxylic acids is 1. The second-order valence-electron chi connectivity index (χ2n) is 5.80. The molecule has 0 atom stereocenters. The van der Waals surface area contributed by atoms with Crippen LogP contribution in [0.2, 0.25) is 0 Å². The highest BCUT2D eigenvalue weighted by Gasteiger charge is 2.47. The first-order valence-corrected chi connectivity index (χ1v) is 7.54. The van der Waals surface area contributed by atoms with E-state index in [-0.39, 0.29) is 13.1 Å². The predicted molar refractivity (Wildman–Crippen MR) is 75.5 cm³/mol. The molecule has 6 nitrogen and oxygen atoms in total. The first kappa shape index (κ1) is 15.1. The first-order valence-electron chi connectivity index (χ1n) is 6.31. The van der Waals surface area contributed by atoms with E-state index < -0.39 is 17.3 Å². The van der Waals surface area contributed by atoms with Gasteiger partial charge in [0, 0.05) is 6.20 Å². The Kier molecular flexibility index (Phi) is 3.93. The number of hydrogen-bond donors (Lipinski definition) is 1. The lowest BCUT2D eigenvalue weighted by atomic mass is 9.91. The van der Waals surface area contributed by atoms with Gasteiger partial charge in [-0.05, 0) is 33.1 Å². The van der Waals surface area contributed by atoms with Crippen LogP contribution in [0, 0.1) is 0 Å². The quantitative estimate of drug-likeness (QED) is 0.660. The zero-order valence-corrected chi connectivity index (χ0v) is 12.9. The molecule has 0 bridgehead atoms. The molecule has 1 aliphatic rings. The number of hydrogen-bond acceptors (Lipinski definition) is 6. The fourth-order valence-electron chi connectivity index (χ4n) is 1.90. The summed E-state index contributed by atoms with van der Waals surface area (Å²) in [5.41, 5.74) is -1.10. The number of nitrogens with zero attached hydrogens (tertiary/aromatic N) is 3. The largest absolute Gasteiger partial charge is 0.444 e. The average molecular weight is 297 g/mol. The SMILES string of the molecule is CSc1nccc(C2(O)CN(C(=O)OC(C)(C)C)C2)n1. The lowest BCUT2D eigenvalue weighted by Crippen LogP contribution is -2.62. The molecule has 0 saturated carbocycles. The Bertz CT molecular complexity index is 510. The van der Waals surface area contributed by atoms with Gasteiger partial charge in [-0.25, -0.2) is 14.8 Å². The van der Waals surface area contributed by atoms with Crippen molar-refractivity contribution in [2.75, 3.05) is 19.3 Å². The molecule has 7 heteroatoms. The van der Waals surface area contributed by atoms with E-state index in [1.165, 1.54) is 16.7 Å². The Morgan fingerprint density at radius 3 is 2.70 bits per heavy atom. The minimum atomic E-state index is -1.11. The molecule has 2 rings (SSSR count). The summed E-state index contributed by atoms with van der Waals surface area (Å²) in [4.78, 5) is 21.6. The molecule has 1 aliphatic heterocycles. The number of aliphatic hydroxyl groups is 1. The van der Waals surface area contributed by atoms with Gasteiger partial charge < -0.3 is 14.7 Å². The Hall–Kier alpha value is -1.34. The molecular weight excluding hydrogens is 278 g/mol. The van der Waals surface area contributed by atoms with Gasteiger partial charge in [-0.2, -0.15) is 0 Å². The lowest BCUT2D eigenvalue weighted by Gasteiger charge is -2.45. The van der Waals surface area contributed by atoms with E-state index in [0.717, 1.165) is 0 Å². The third-order valence-electron chi connectivity index (χ3n) is 2.85. The third kappa shape index (κ3) is 3.21. The number of thioether (sulfide) groups is 1. The van der Waals surface area contributed by atoms with Crippen LogP contribution in [-0.2, 0) is 10.3 Å². The van der Waals surface area contributed by atoms with E-state index in [1.807, 2.05) is 27.0 Å². The van der Waals surface area contributed by atoms with Gasteiger partial charge in [-0.15, -0.1) is 0 Å². The van der Waals surface area contributed by atoms with Crippen LogP contribution in [0.1, 0.15) is 26.5 Å². The second-order valence-corrected chi connectivity index (χ2v) is 6.57. The van der Waals surface area contributed by atoms with Crippen molar-refractivity contribution >= 4 is 17.9 Å². The molecule has 1 amide bonds. The number of rotatable bonds is 2. The first-order chi connectivity index (χ1) is 9.23. The summed E-state index contributed by atoms with van der Waals surface area (Å²) in [5.74, 6) is 0. The number of aromatic nitrogens is 2. The van der Waals surface area contributed by atoms with Crippen molar-refractivity contribution in [3.63, 3.8) is 0 Å². The molecule has 1 saturated heterocycles. The van der Waals surface area contributed by atoms with E-state index >= 15 is 0 Å². The van der Waals surface area contributed by atoms with Crippen molar-refractivity contribution in [1.29, 1.82) is 0 Å². The molecule has 0 spiro atoms. The standard InChI is InChI=1S/C13H19N3O3S/c1-12(2,3)19-11(17)16-7-13(18,8-16)9-5-6-14-10(15-9)20-4/h5-6,18H,7-8H2,1-4H3. The van der Waals surface area contributed by atoms with E-state index in [4.69, 9.17) is 4.74 Å². The average Bonchev–Trinajstić information content (AvgIpc) is 2.33. The predicted octanol–water partition coefficient (Wildman–Crippen LogP) is 1.64. The third-order valence-corrected chi connectivity index (χ3v) is 3.41. The molecular formula is C13H19N3O3S.